The largest absolute Gasteiger partial charge is 0.378 e. The minimum absolute atomic E-state index is 0.0656. The lowest BCUT2D eigenvalue weighted by atomic mass is 10.0. The monoisotopic (exact) mass is 392 g/mol. The molecule has 4 rings (SSSR count). The van der Waals surface area contributed by atoms with Gasteiger partial charge >= 0.3 is 0 Å². The van der Waals surface area contributed by atoms with Gasteiger partial charge in [0.15, 0.2) is 0 Å². The fourth-order valence-electron chi connectivity index (χ4n) is 3.44. The summed E-state index contributed by atoms with van der Waals surface area (Å²) in [5.41, 5.74) is 8.96. The van der Waals surface area contributed by atoms with Crippen molar-refractivity contribution in [3.05, 3.63) is 52.8 Å². The Hall–Kier alpha value is -3.26. The molecule has 2 N–H and O–H groups in total. The van der Waals surface area contributed by atoms with Crippen molar-refractivity contribution in [3.63, 3.8) is 0 Å². The van der Waals surface area contributed by atoms with Crippen molar-refractivity contribution in [2.75, 3.05) is 36.9 Å². The van der Waals surface area contributed by atoms with Gasteiger partial charge in [-0.25, -0.2) is 9.67 Å². The van der Waals surface area contributed by atoms with E-state index < -0.39 is 0 Å². The Morgan fingerprint density at radius 2 is 1.76 bits per heavy atom. The molecule has 1 fully saturated rings. The van der Waals surface area contributed by atoms with E-state index in [1.807, 2.05) is 44.2 Å². The highest BCUT2D eigenvalue weighted by Crippen LogP contribution is 2.37. The number of ether oxygens (including phenoxy) is 1. The summed E-state index contributed by atoms with van der Waals surface area (Å²) in [6, 6.07) is 13.0. The Balaban J connectivity index is 1.99. The highest BCUT2D eigenvalue weighted by atomic mass is 16.5. The van der Waals surface area contributed by atoms with Crippen molar-refractivity contribution in [2.24, 2.45) is 0 Å². The second-order valence-electron chi connectivity index (χ2n) is 7.19. The molecule has 1 saturated heterocycles. The molecule has 0 atom stereocenters. The van der Waals surface area contributed by atoms with Crippen LogP contribution in [0.25, 0.3) is 22.5 Å². The molecule has 8 heteroatoms. The van der Waals surface area contributed by atoms with Gasteiger partial charge in [-0.2, -0.15) is 10.1 Å². The fourth-order valence-corrected chi connectivity index (χ4v) is 3.44. The number of benzene rings is 1. The van der Waals surface area contributed by atoms with Gasteiger partial charge in [0.1, 0.15) is 5.82 Å². The molecule has 1 aliphatic rings. The molecule has 0 spiro atoms. The SMILES string of the molecule is CC(C)n1nc(-c2c(-c3ccccc3)nc(N)nc2N2CCOCC2)ccc1=O. The van der Waals surface area contributed by atoms with Gasteiger partial charge in [-0.1, -0.05) is 30.3 Å². The van der Waals surface area contributed by atoms with E-state index in [-0.39, 0.29) is 17.5 Å². The Bertz CT molecular complexity index is 1060. The summed E-state index contributed by atoms with van der Waals surface area (Å²) >= 11 is 0. The zero-order valence-electron chi connectivity index (χ0n) is 16.6. The zero-order chi connectivity index (χ0) is 20.4. The molecule has 3 aromatic rings. The second-order valence-corrected chi connectivity index (χ2v) is 7.19. The van der Waals surface area contributed by atoms with Crippen LogP contribution in [0.1, 0.15) is 19.9 Å². The van der Waals surface area contributed by atoms with Gasteiger partial charge in [0, 0.05) is 24.7 Å². The van der Waals surface area contributed by atoms with Crippen molar-refractivity contribution in [3.8, 4) is 22.5 Å². The predicted octanol–water partition coefficient (Wildman–Crippen LogP) is 2.37. The molecule has 3 heterocycles. The van der Waals surface area contributed by atoms with Crippen molar-refractivity contribution >= 4 is 11.8 Å². The molecule has 8 nitrogen and oxygen atoms in total. The van der Waals surface area contributed by atoms with Crippen molar-refractivity contribution in [2.45, 2.75) is 19.9 Å². The van der Waals surface area contributed by atoms with E-state index in [0.29, 0.717) is 43.5 Å². The summed E-state index contributed by atoms with van der Waals surface area (Å²) in [5, 5.41) is 4.64. The third kappa shape index (κ3) is 3.84. The van der Waals surface area contributed by atoms with Gasteiger partial charge in [0.2, 0.25) is 5.95 Å². The third-order valence-electron chi connectivity index (χ3n) is 4.84. The van der Waals surface area contributed by atoms with Gasteiger partial charge in [-0.15, -0.1) is 0 Å². The number of nitrogens with zero attached hydrogens (tertiary/aromatic N) is 5. The van der Waals surface area contributed by atoms with E-state index in [0.717, 1.165) is 11.1 Å². The zero-order valence-corrected chi connectivity index (χ0v) is 16.6. The predicted molar refractivity (Wildman–Crippen MR) is 113 cm³/mol. The Morgan fingerprint density at radius 3 is 2.45 bits per heavy atom. The molecule has 1 aromatic carbocycles. The van der Waals surface area contributed by atoms with E-state index >= 15 is 0 Å². The van der Waals surface area contributed by atoms with Gasteiger partial charge in [0.25, 0.3) is 5.56 Å². The minimum Gasteiger partial charge on any atom is -0.378 e. The molecular formula is C21H24N6O2. The van der Waals surface area contributed by atoms with Crippen LogP contribution < -0.4 is 16.2 Å². The molecule has 0 amide bonds. The van der Waals surface area contributed by atoms with Crippen molar-refractivity contribution < 1.29 is 4.74 Å². The molecule has 0 saturated carbocycles. The average Bonchev–Trinajstić information content (AvgIpc) is 2.75. The molecule has 29 heavy (non-hydrogen) atoms. The standard InChI is InChI=1S/C21H24N6O2/c1-14(2)27-17(28)9-8-16(25-27)18-19(15-6-4-3-5-7-15)23-21(22)24-20(18)26-10-12-29-13-11-26/h3-9,14H,10-13H2,1-2H3,(H2,22,23,24). The van der Waals surface area contributed by atoms with E-state index in [1.54, 1.807) is 6.07 Å². The van der Waals surface area contributed by atoms with Crippen molar-refractivity contribution in [1.82, 2.24) is 19.7 Å². The number of aromatic nitrogens is 4. The summed E-state index contributed by atoms with van der Waals surface area (Å²) in [5.74, 6) is 0.910. The van der Waals surface area contributed by atoms with Crippen LogP contribution in [0.3, 0.4) is 0 Å². The third-order valence-corrected chi connectivity index (χ3v) is 4.84. The first-order valence-electron chi connectivity index (χ1n) is 9.70. The second kappa shape index (κ2) is 8.00. The lowest BCUT2D eigenvalue weighted by molar-refractivity contribution is 0.122. The first kappa shape index (κ1) is 19.1. The van der Waals surface area contributed by atoms with Crippen LogP contribution >= 0.6 is 0 Å². The van der Waals surface area contributed by atoms with Crippen LogP contribution in [-0.4, -0.2) is 46.1 Å². The Morgan fingerprint density at radius 1 is 1.03 bits per heavy atom. The number of nitrogen functional groups attached to an aromatic ring is 1. The number of hydrogen-bond donors (Lipinski definition) is 1. The van der Waals surface area contributed by atoms with E-state index in [1.165, 1.54) is 10.7 Å². The van der Waals surface area contributed by atoms with Crippen LogP contribution in [0.4, 0.5) is 11.8 Å². The van der Waals surface area contributed by atoms with Crippen LogP contribution in [0.5, 0.6) is 0 Å². The first-order valence-corrected chi connectivity index (χ1v) is 9.70. The minimum atomic E-state index is -0.144. The summed E-state index contributed by atoms with van der Waals surface area (Å²) in [6.45, 7) is 6.48. The van der Waals surface area contributed by atoms with E-state index in [2.05, 4.69) is 20.0 Å². The number of anilines is 2. The molecule has 0 radical (unpaired) electrons. The molecule has 0 unspecified atom stereocenters. The number of hydrogen-bond acceptors (Lipinski definition) is 7. The van der Waals surface area contributed by atoms with Crippen LogP contribution in [0.2, 0.25) is 0 Å². The maximum absolute atomic E-state index is 12.3. The topological polar surface area (TPSA) is 99.2 Å². The maximum Gasteiger partial charge on any atom is 0.267 e. The van der Waals surface area contributed by atoms with Crippen molar-refractivity contribution in [1.29, 1.82) is 0 Å². The molecule has 2 aromatic heterocycles. The molecule has 1 aliphatic heterocycles. The molecular weight excluding hydrogens is 368 g/mol. The van der Waals surface area contributed by atoms with Crippen LogP contribution in [0, 0.1) is 0 Å². The van der Waals surface area contributed by atoms with Crippen LogP contribution in [-0.2, 0) is 4.74 Å². The molecule has 0 bridgehead atoms. The maximum atomic E-state index is 12.3. The first-order chi connectivity index (χ1) is 14.0. The summed E-state index contributed by atoms with van der Waals surface area (Å²) < 4.78 is 6.98. The van der Waals surface area contributed by atoms with E-state index in [4.69, 9.17) is 10.5 Å². The van der Waals surface area contributed by atoms with Gasteiger partial charge in [0.05, 0.1) is 36.2 Å². The number of nitrogens with two attached hydrogens (primary N) is 1. The van der Waals surface area contributed by atoms with Gasteiger partial charge < -0.3 is 15.4 Å². The highest BCUT2D eigenvalue weighted by Gasteiger charge is 2.24. The smallest absolute Gasteiger partial charge is 0.267 e. The highest BCUT2D eigenvalue weighted by molar-refractivity contribution is 5.87. The Labute approximate surface area is 169 Å². The average molecular weight is 392 g/mol. The quantitative estimate of drug-likeness (QED) is 0.728. The van der Waals surface area contributed by atoms with E-state index in [9.17, 15) is 4.79 Å². The number of morpholine rings is 1. The summed E-state index contributed by atoms with van der Waals surface area (Å²) in [7, 11) is 0. The summed E-state index contributed by atoms with van der Waals surface area (Å²) in [6.07, 6.45) is 0. The van der Waals surface area contributed by atoms with Gasteiger partial charge in [-0.3, -0.25) is 4.79 Å². The van der Waals surface area contributed by atoms with Gasteiger partial charge in [-0.05, 0) is 19.9 Å². The van der Waals surface area contributed by atoms with Crippen LogP contribution in [0.15, 0.2) is 47.3 Å². The molecule has 150 valence electrons. The lowest BCUT2D eigenvalue weighted by Gasteiger charge is -2.30. The normalized spacial score (nSPS) is 14.4. The fraction of sp³-hybridized carbons (Fsp3) is 0.333. The molecule has 0 aliphatic carbocycles. The number of rotatable bonds is 4. The Kier molecular flexibility index (Phi) is 5.26. The summed E-state index contributed by atoms with van der Waals surface area (Å²) in [4.78, 5) is 23.5. The lowest BCUT2D eigenvalue weighted by Crippen LogP contribution is -2.37.